The predicted molar refractivity (Wildman–Crippen MR) is 119 cm³/mol. The SMILES string of the molecule is CC#CCn1c(N(C)CC(C)(C)N)nc(NC)c1C(=O)NCc1nc(C)cc(C)n1. The first kappa shape index (κ1) is 23.2. The summed E-state index contributed by atoms with van der Waals surface area (Å²) in [4.78, 5) is 28.4. The third-order valence-corrected chi connectivity index (χ3v) is 4.24. The molecule has 9 heteroatoms. The van der Waals surface area contributed by atoms with Gasteiger partial charge in [-0.25, -0.2) is 9.97 Å². The Balaban J connectivity index is 2.37. The fourth-order valence-corrected chi connectivity index (χ4v) is 3.25. The maximum Gasteiger partial charge on any atom is 0.272 e. The van der Waals surface area contributed by atoms with E-state index in [0.717, 1.165) is 11.4 Å². The Bertz CT molecular complexity index is 942. The zero-order chi connectivity index (χ0) is 22.5. The lowest BCUT2D eigenvalue weighted by atomic mass is 10.1. The number of nitrogens with one attached hydrogen (secondary N) is 2. The first-order valence-corrected chi connectivity index (χ1v) is 9.83. The maximum atomic E-state index is 13.1. The van der Waals surface area contributed by atoms with Crippen LogP contribution in [0.25, 0.3) is 0 Å². The molecule has 1 amide bonds. The summed E-state index contributed by atoms with van der Waals surface area (Å²) < 4.78 is 1.80. The van der Waals surface area contributed by atoms with E-state index < -0.39 is 5.54 Å². The summed E-state index contributed by atoms with van der Waals surface area (Å²) in [6.45, 7) is 10.6. The third-order valence-electron chi connectivity index (χ3n) is 4.24. The van der Waals surface area contributed by atoms with Gasteiger partial charge in [0, 0.05) is 37.6 Å². The van der Waals surface area contributed by atoms with Crippen molar-refractivity contribution in [2.45, 2.75) is 53.2 Å². The Morgan fingerprint density at radius 1 is 1.27 bits per heavy atom. The van der Waals surface area contributed by atoms with Gasteiger partial charge in [0.2, 0.25) is 5.95 Å². The third kappa shape index (κ3) is 5.94. The summed E-state index contributed by atoms with van der Waals surface area (Å²) in [5.74, 6) is 7.29. The van der Waals surface area contributed by atoms with Crippen LogP contribution in [0.4, 0.5) is 11.8 Å². The number of anilines is 2. The van der Waals surface area contributed by atoms with Gasteiger partial charge in [-0.15, -0.1) is 5.92 Å². The van der Waals surface area contributed by atoms with Crippen molar-refractivity contribution < 1.29 is 4.79 Å². The zero-order valence-electron chi connectivity index (χ0n) is 18.9. The van der Waals surface area contributed by atoms with E-state index in [4.69, 9.17) is 5.73 Å². The van der Waals surface area contributed by atoms with Crippen molar-refractivity contribution in [2.24, 2.45) is 5.73 Å². The van der Waals surface area contributed by atoms with Crippen LogP contribution < -0.4 is 21.3 Å². The average Bonchev–Trinajstić information content (AvgIpc) is 3.01. The van der Waals surface area contributed by atoms with Gasteiger partial charge in [0.15, 0.2) is 11.5 Å². The number of carbonyl (C=O) groups is 1. The van der Waals surface area contributed by atoms with E-state index in [0.29, 0.717) is 36.4 Å². The zero-order valence-corrected chi connectivity index (χ0v) is 18.9. The molecule has 30 heavy (non-hydrogen) atoms. The fourth-order valence-electron chi connectivity index (χ4n) is 3.25. The van der Waals surface area contributed by atoms with Crippen molar-refractivity contribution in [1.29, 1.82) is 0 Å². The molecule has 0 spiro atoms. The summed E-state index contributed by atoms with van der Waals surface area (Å²) in [5.41, 5.74) is 7.88. The lowest BCUT2D eigenvalue weighted by molar-refractivity contribution is 0.0942. The van der Waals surface area contributed by atoms with Gasteiger partial charge in [0.05, 0.1) is 13.1 Å². The molecular weight excluding hydrogens is 380 g/mol. The molecule has 0 unspecified atom stereocenters. The number of rotatable bonds is 8. The van der Waals surface area contributed by atoms with E-state index in [2.05, 4.69) is 37.4 Å². The van der Waals surface area contributed by atoms with E-state index in [9.17, 15) is 4.79 Å². The van der Waals surface area contributed by atoms with Crippen molar-refractivity contribution in [3.05, 3.63) is 29.0 Å². The van der Waals surface area contributed by atoms with Gasteiger partial charge in [-0.2, -0.15) is 4.98 Å². The molecule has 0 aromatic carbocycles. The second-order valence-electron chi connectivity index (χ2n) is 7.97. The van der Waals surface area contributed by atoms with Crippen LogP contribution in [-0.2, 0) is 13.1 Å². The molecule has 162 valence electrons. The minimum absolute atomic E-state index is 0.218. The fraction of sp³-hybridized carbons (Fsp3) is 0.524. The summed E-state index contributed by atoms with van der Waals surface area (Å²) in [6, 6.07) is 1.89. The minimum Gasteiger partial charge on any atom is -0.371 e. The van der Waals surface area contributed by atoms with Crippen LogP contribution in [0.5, 0.6) is 0 Å². The number of aromatic nitrogens is 4. The molecular formula is C21H32N8O. The number of hydrogen-bond donors (Lipinski definition) is 3. The van der Waals surface area contributed by atoms with Crippen molar-refractivity contribution in [3.8, 4) is 11.8 Å². The molecule has 0 bridgehead atoms. The highest BCUT2D eigenvalue weighted by molar-refractivity contribution is 5.98. The average molecular weight is 413 g/mol. The molecule has 2 heterocycles. The van der Waals surface area contributed by atoms with Crippen LogP contribution in [0, 0.1) is 25.7 Å². The van der Waals surface area contributed by atoms with Crippen LogP contribution in [0.3, 0.4) is 0 Å². The highest BCUT2D eigenvalue weighted by Gasteiger charge is 2.26. The number of carbonyl (C=O) groups excluding carboxylic acids is 1. The number of hydrogen-bond acceptors (Lipinski definition) is 7. The van der Waals surface area contributed by atoms with E-state index in [1.165, 1.54) is 0 Å². The largest absolute Gasteiger partial charge is 0.371 e. The smallest absolute Gasteiger partial charge is 0.272 e. The van der Waals surface area contributed by atoms with E-state index in [-0.39, 0.29) is 12.5 Å². The first-order chi connectivity index (χ1) is 14.1. The van der Waals surface area contributed by atoms with Gasteiger partial charge in [-0.3, -0.25) is 9.36 Å². The molecule has 2 rings (SSSR count). The number of imidazole rings is 1. The molecule has 0 saturated heterocycles. The minimum atomic E-state index is -0.426. The monoisotopic (exact) mass is 412 g/mol. The molecule has 9 nitrogen and oxygen atoms in total. The maximum absolute atomic E-state index is 13.1. The number of likely N-dealkylation sites (N-methyl/N-ethyl adjacent to an activating group) is 1. The van der Waals surface area contributed by atoms with Crippen LogP contribution in [0.15, 0.2) is 6.07 Å². The lowest BCUT2D eigenvalue weighted by Crippen LogP contribution is -2.44. The van der Waals surface area contributed by atoms with Gasteiger partial charge in [0.25, 0.3) is 5.91 Å². The molecule has 2 aromatic rings. The van der Waals surface area contributed by atoms with Gasteiger partial charge in [0.1, 0.15) is 5.82 Å². The summed E-state index contributed by atoms with van der Waals surface area (Å²) in [5, 5.41) is 5.92. The molecule has 0 fully saturated rings. The second kappa shape index (κ2) is 9.59. The highest BCUT2D eigenvalue weighted by Crippen LogP contribution is 2.24. The van der Waals surface area contributed by atoms with Crippen molar-refractivity contribution in [3.63, 3.8) is 0 Å². The summed E-state index contributed by atoms with van der Waals surface area (Å²) in [6.07, 6.45) is 0. The Morgan fingerprint density at radius 3 is 2.43 bits per heavy atom. The van der Waals surface area contributed by atoms with Crippen LogP contribution in [0.2, 0.25) is 0 Å². The molecule has 0 aliphatic heterocycles. The Morgan fingerprint density at radius 2 is 1.90 bits per heavy atom. The summed E-state index contributed by atoms with van der Waals surface area (Å²) in [7, 11) is 3.63. The standard InChI is InChI=1S/C21H32N8O/c1-8-9-10-29-17(18(23-6)27-20(29)28(7)13-21(4,5)22)19(30)24-12-16-25-14(2)11-15(3)26-16/h11,23H,10,12-13,22H2,1-7H3,(H,24,30). The van der Waals surface area contributed by atoms with Crippen molar-refractivity contribution in [1.82, 2.24) is 24.8 Å². The predicted octanol–water partition coefficient (Wildman–Crippen LogP) is 1.46. The lowest BCUT2D eigenvalue weighted by Gasteiger charge is -2.27. The van der Waals surface area contributed by atoms with E-state index >= 15 is 0 Å². The van der Waals surface area contributed by atoms with Gasteiger partial charge in [-0.1, -0.05) is 5.92 Å². The van der Waals surface area contributed by atoms with Crippen LogP contribution in [0.1, 0.15) is 48.5 Å². The number of nitrogens with zero attached hydrogens (tertiary/aromatic N) is 5. The second-order valence-corrected chi connectivity index (χ2v) is 7.97. The van der Waals surface area contributed by atoms with Crippen LogP contribution in [-0.4, -0.2) is 51.6 Å². The van der Waals surface area contributed by atoms with Gasteiger partial charge >= 0.3 is 0 Å². The molecule has 4 N–H and O–H groups in total. The van der Waals surface area contributed by atoms with Gasteiger partial charge in [-0.05, 0) is 40.7 Å². The van der Waals surface area contributed by atoms with Crippen LogP contribution >= 0.6 is 0 Å². The topological polar surface area (TPSA) is 114 Å². The number of nitrogens with two attached hydrogens (primary N) is 1. The molecule has 0 saturated carbocycles. The molecule has 0 aliphatic carbocycles. The Labute approximate surface area is 178 Å². The molecule has 0 aliphatic rings. The first-order valence-electron chi connectivity index (χ1n) is 9.83. The number of aryl methyl sites for hydroxylation is 2. The van der Waals surface area contributed by atoms with Crippen molar-refractivity contribution in [2.75, 3.05) is 30.9 Å². The number of amides is 1. The van der Waals surface area contributed by atoms with Crippen molar-refractivity contribution >= 4 is 17.7 Å². The van der Waals surface area contributed by atoms with Gasteiger partial charge < -0.3 is 21.3 Å². The quantitative estimate of drug-likeness (QED) is 0.562. The molecule has 0 radical (unpaired) electrons. The highest BCUT2D eigenvalue weighted by atomic mass is 16.2. The molecule has 0 atom stereocenters. The van der Waals surface area contributed by atoms with E-state index in [1.54, 1.807) is 18.5 Å². The summed E-state index contributed by atoms with van der Waals surface area (Å²) >= 11 is 0. The van der Waals surface area contributed by atoms with E-state index in [1.807, 2.05) is 45.7 Å². The Kier molecular flexibility index (Phi) is 7.40. The Hall–Kier alpha value is -3.12. The molecule has 2 aromatic heterocycles. The normalized spacial score (nSPS) is 10.9.